The van der Waals surface area contributed by atoms with Crippen LogP contribution in [-0.4, -0.2) is 38.5 Å². The van der Waals surface area contributed by atoms with Crippen molar-refractivity contribution in [1.82, 2.24) is 5.32 Å². The molecule has 0 bridgehead atoms. The molecule has 14 heavy (non-hydrogen) atoms. The van der Waals surface area contributed by atoms with E-state index in [9.17, 15) is 0 Å². The Balaban J connectivity index is 1.80. The summed E-state index contributed by atoms with van der Waals surface area (Å²) in [4.78, 5) is 0. The summed E-state index contributed by atoms with van der Waals surface area (Å²) in [6.07, 6.45) is 1.18. The lowest BCUT2D eigenvalue weighted by atomic mass is 10.0. The lowest BCUT2D eigenvalue weighted by Gasteiger charge is -2.26. The highest BCUT2D eigenvalue weighted by atomic mass is 16.5. The van der Waals surface area contributed by atoms with E-state index in [0.717, 1.165) is 19.1 Å². The van der Waals surface area contributed by atoms with Gasteiger partial charge in [-0.05, 0) is 46.2 Å². The molecule has 0 aromatic carbocycles. The van der Waals surface area contributed by atoms with Crippen molar-refractivity contribution in [2.75, 3.05) is 32.9 Å². The van der Waals surface area contributed by atoms with Crippen LogP contribution < -0.4 is 5.32 Å². The van der Waals surface area contributed by atoms with Gasteiger partial charge in [0.05, 0.1) is 18.8 Å². The molecular formula is C11H23NO2. The highest BCUT2D eigenvalue weighted by molar-refractivity contribution is 4.73. The van der Waals surface area contributed by atoms with Crippen LogP contribution in [0.3, 0.4) is 0 Å². The van der Waals surface area contributed by atoms with Crippen LogP contribution in [0.25, 0.3) is 0 Å². The lowest BCUT2D eigenvalue weighted by molar-refractivity contribution is -0.0366. The third kappa shape index (κ3) is 5.58. The molecular weight excluding hydrogens is 178 g/mol. The average molecular weight is 201 g/mol. The van der Waals surface area contributed by atoms with Crippen LogP contribution in [-0.2, 0) is 9.47 Å². The van der Waals surface area contributed by atoms with E-state index < -0.39 is 0 Å². The molecule has 1 heterocycles. The smallest absolute Gasteiger partial charge is 0.0707 e. The minimum absolute atomic E-state index is 0.0404. The van der Waals surface area contributed by atoms with Gasteiger partial charge in [-0.1, -0.05) is 0 Å². The molecule has 1 saturated heterocycles. The number of rotatable bonds is 6. The van der Waals surface area contributed by atoms with Gasteiger partial charge in [-0.2, -0.15) is 0 Å². The lowest BCUT2D eigenvalue weighted by Crippen LogP contribution is -2.42. The predicted octanol–water partition coefficient (Wildman–Crippen LogP) is 1.43. The van der Waals surface area contributed by atoms with Crippen LogP contribution >= 0.6 is 0 Å². The van der Waals surface area contributed by atoms with Crippen molar-refractivity contribution in [2.45, 2.75) is 32.8 Å². The third-order valence-electron chi connectivity index (χ3n) is 2.30. The van der Waals surface area contributed by atoms with Crippen molar-refractivity contribution in [1.29, 1.82) is 0 Å². The van der Waals surface area contributed by atoms with Crippen LogP contribution in [0.5, 0.6) is 0 Å². The minimum Gasteiger partial charge on any atom is -0.379 e. The van der Waals surface area contributed by atoms with E-state index >= 15 is 0 Å². The molecule has 0 spiro atoms. The van der Waals surface area contributed by atoms with Gasteiger partial charge >= 0.3 is 0 Å². The zero-order chi connectivity index (χ0) is 10.4. The van der Waals surface area contributed by atoms with Crippen molar-refractivity contribution in [3.63, 3.8) is 0 Å². The summed E-state index contributed by atoms with van der Waals surface area (Å²) in [5, 5.41) is 3.25. The second-order valence-corrected chi connectivity index (χ2v) is 4.89. The molecule has 3 nitrogen and oxygen atoms in total. The fraction of sp³-hybridized carbons (Fsp3) is 1.00. The van der Waals surface area contributed by atoms with Gasteiger partial charge in [0.15, 0.2) is 0 Å². The molecule has 1 aliphatic rings. The maximum absolute atomic E-state index is 5.54. The summed E-state index contributed by atoms with van der Waals surface area (Å²) >= 11 is 0. The van der Waals surface area contributed by atoms with Crippen LogP contribution in [0.1, 0.15) is 27.2 Å². The maximum atomic E-state index is 5.54. The van der Waals surface area contributed by atoms with Crippen LogP contribution in [0.15, 0.2) is 0 Å². The largest absolute Gasteiger partial charge is 0.379 e. The molecule has 0 saturated carbocycles. The normalized spacial score (nSPS) is 18.2. The molecule has 0 aliphatic carbocycles. The summed E-state index contributed by atoms with van der Waals surface area (Å²) < 4.78 is 11.0. The van der Waals surface area contributed by atoms with Crippen LogP contribution in [0.4, 0.5) is 0 Å². The Bertz CT molecular complexity index is 150. The molecule has 0 amide bonds. The fourth-order valence-electron chi connectivity index (χ4n) is 1.31. The van der Waals surface area contributed by atoms with Gasteiger partial charge in [-0.15, -0.1) is 0 Å². The minimum atomic E-state index is -0.0404. The fourth-order valence-corrected chi connectivity index (χ4v) is 1.31. The van der Waals surface area contributed by atoms with E-state index in [0.29, 0.717) is 6.61 Å². The van der Waals surface area contributed by atoms with E-state index in [4.69, 9.17) is 9.47 Å². The van der Waals surface area contributed by atoms with E-state index in [1.807, 2.05) is 0 Å². The van der Waals surface area contributed by atoms with Gasteiger partial charge in [-0.25, -0.2) is 0 Å². The van der Waals surface area contributed by atoms with Gasteiger partial charge < -0.3 is 14.8 Å². The van der Waals surface area contributed by atoms with Crippen molar-refractivity contribution in [2.24, 2.45) is 5.92 Å². The molecule has 0 radical (unpaired) electrons. The quantitative estimate of drug-likeness (QED) is 0.659. The van der Waals surface area contributed by atoms with Crippen molar-refractivity contribution in [3.8, 4) is 0 Å². The molecule has 0 aromatic heterocycles. The molecule has 1 fully saturated rings. The van der Waals surface area contributed by atoms with Gasteiger partial charge in [0.25, 0.3) is 0 Å². The second kappa shape index (κ2) is 5.69. The summed E-state index contributed by atoms with van der Waals surface area (Å²) in [6, 6.07) is 0. The number of hydrogen-bond acceptors (Lipinski definition) is 3. The number of ether oxygens (including phenoxy) is 2. The van der Waals surface area contributed by atoms with Crippen molar-refractivity contribution >= 4 is 0 Å². The molecule has 1 rings (SSSR count). The Morgan fingerprint density at radius 1 is 1.14 bits per heavy atom. The summed E-state index contributed by atoms with van der Waals surface area (Å²) in [6.45, 7) is 10.8. The zero-order valence-electron chi connectivity index (χ0n) is 9.64. The Kier molecular flexibility index (Phi) is 4.85. The van der Waals surface area contributed by atoms with Gasteiger partial charge in [0.2, 0.25) is 0 Å². The molecule has 0 unspecified atom stereocenters. The second-order valence-electron chi connectivity index (χ2n) is 4.89. The van der Waals surface area contributed by atoms with Crippen molar-refractivity contribution < 1.29 is 9.47 Å². The van der Waals surface area contributed by atoms with E-state index in [1.54, 1.807) is 0 Å². The molecule has 1 N–H and O–H groups in total. The van der Waals surface area contributed by atoms with E-state index in [1.165, 1.54) is 19.5 Å². The Morgan fingerprint density at radius 3 is 2.36 bits per heavy atom. The van der Waals surface area contributed by atoms with Gasteiger partial charge in [0, 0.05) is 6.61 Å². The molecule has 84 valence electrons. The highest BCUT2D eigenvalue weighted by Crippen LogP contribution is 2.08. The molecule has 3 heteroatoms. The Labute approximate surface area is 87.2 Å². The zero-order valence-corrected chi connectivity index (χ0v) is 9.64. The van der Waals surface area contributed by atoms with Gasteiger partial charge in [-0.3, -0.25) is 0 Å². The first-order chi connectivity index (χ1) is 6.58. The monoisotopic (exact) mass is 201 g/mol. The SMILES string of the molecule is CC(C)(C)OCCOCCC1CNC1. The van der Waals surface area contributed by atoms with E-state index in [-0.39, 0.29) is 5.60 Å². The molecule has 0 atom stereocenters. The Hall–Kier alpha value is -0.120. The average Bonchev–Trinajstić information content (AvgIpc) is 1.97. The molecule has 0 aromatic rings. The number of nitrogens with one attached hydrogen (secondary N) is 1. The standard InChI is InChI=1S/C11H23NO2/c1-11(2,3)14-7-6-13-5-4-10-8-12-9-10/h10,12H,4-9H2,1-3H3. The van der Waals surface area contributed by atoms with Crippen LogP contribution in [0, 0.1) is 5.92 Å². The summed E-state index contributed by atoms with van der Waals surface area (Å²) in [5.41, 5.74) is -0.0404. The summed E-state index contributed by atoms with van der Waals surface area (Å²) in [7, 11) is 0. The first-order valence-electron chi connectivity index (χ1n) is 5.50. The van der Waals surface area contributed by atoms with E-state index in [2.05, 4.69) is 26.1 Å². The van der Waals surface area contributed by atoms with Crippen molar-refractivity contribution in [3.05, 3.63) is 0 Å². The Morgan fingerprint density at radius 2 is 1.86 bits per heavy atom. The highest BCUT2D eigenvalue weighted by Gasteiger charge is 2.15. The van der Waals surface area contributed by atoms with Crippen LogP contribution in [0.2, 0.25) is 0 Å². The topological polar surface area (TPSA) is 30.5 Å². The maximum Gasteiger partial charge on any atom is 0.0707 e. The third-order valence-corrected chi connectivity index (χ3v) is 2.30. The predicted molar refractivity (Wildman–Crippen MR) is 57.5 cm³/mol. The number of hydrogen-bond donors (Lipinski definition) is 1. The first-order valence-corrected chi connectivity index (χ1v) is 5.50. The molecule has 1 aliphatic heterocycles. The summed E-state index contributed by atoms with van der Waals surface area (Å²) in [5.74, 6) is 0.846. The van der Waals surface area contributed by atoms with Gasteiger partial charge in [0.1, 0.15) is 0 Å². The first kappa shape index (κ1) is 12.0.